The maximum atomic E-state index is 13.3. The van der Waals surface area contributed by atoms with Gasteiger partial charge in [0.2, 0.25) is 0 Å². The maximum Gasteiger partial charge on any atom is 0.268 e. The molecule has 4 rings (SSSR count). The minimum absolute atomic E-state index is 0.0692. The van der Waals surface area contributed by atoms with Crippen molar-refractivity contribution in [2.45, 2.75) is 33.0 Å². The van der Waals surface area contributed by atoms with Crippen LogP contribution in [0.15, 0.2) is 58.4 Å². The smallest absolute Gasteiger partial charge is 0.268 e. The van der Waals surface area contributed by atoms with E-state index in [0.717, 1.165) is 11.3 Å². The number of aromatic nitrogens is 2. The number of rotatable bonds is 3. The van der Waals surface area contributed by atoms with Crippen LogP contribution in [0.4, 0.5) is 11.5 Å². The lowest BCUT2D eigenvalue weighted by molar-refractivity contribution is -0.00546. The first-order valence-electron chi connectivity index (χ1n) is 9.54. The Morgan fingerprint density at radius 1 is 1.11 bits per heavy atom. The lowest BCUT2D eigenvalue weighted by atomic mass is 10.2. The zero-order chi connectivity index (χ0) is 19.7. The van der Waals surface area contributed by atoms with Crippen molar-refractivity contribution in [2.75, 3.05) is 18.0 Å². The molecule has 1 fully saturated rings. The summed E-state index contributed by atoms with van der Waals surface area (Å²) in [6, 6.07) is 13.4. The molecule has 2 unspecified atom stereocenters. The lowest BCUT2D eigenvalue weighted by Crippen LogP contribution is -2.47. The fraction of sp³-hybridized carbons (Fsp3) is 0.318. The summed E-state index contributed by atoms with van der Waals surface area (Å²) >= 11 is 0. The van der Waals surface area contributed by atoms with E-state index in [1.807, 2.05) is 63.2 Å². The van der Waals surface area contributed by atoms with Crippen molar-refractivity contribution in [3.8, 4) is 0 Å². The van der Waals surface area contributed by atoms with Gasteiger partial charge in [-0.3, -0.25) is 14.2 Å². The summed E-state index contributed by atoms with van der Waals surface area (Å²) < 4.78 is 7.46. The molecule has 3 aromatic rings. The van der Waals surface area contributed by atoms with E-state index in [4.69, 9.17) is 9.72 Å². The number of nitrogens with zero attached hydrogens (tertiary/aromatic N) is 4. The minimum atomic E-state index is -0.116. The van der Waals surface area contributed by atoms with Crippen molar-refractivity contribution in [3.05, 3.63) is 70.1 Å². The summed E-state index contributed by atoms with van der Waals surface area (Å²) in [7, 11) is 0. The predicted molar refractivity (Wildman–Crippen MR) is 112 cm³/mol. The molecule has 1 aromatic carbocycles. The largest absolute Gasteiger partial charge is 0.372 e. The topological polar surface area (TPSA) is 59.2 Å². The molecule has 1 saturated heterocycles. The quantitative estimate of drug-likeness (QED) is 0.658. The van der Waals surface area contributed by atoms with E-state index in [1.54, 1.807) is 16.8 Å². The van der Waals surface area contributed by atoms with Crippen LogP contribution in [0.2, 0.25) is 0 Å². The van der Waals surface area contributed by atoms with Gasteiger partial charge >= 0.3 is 0 Å². The van der Waals surface area contributed by atoms with E-state index in [2.05, 4.69) is 9.89 Å². The number of pyridine rings is 1. The lowest BCUT2D eigenvalue weighted by Gasteiger charge is -2.36. The Kier molecular flexibility index (Phi) is 4.96. The van der Waals surface area contributed by atoms with Crippen molar-refractivity contribution in [1.29, 1.82) is 0 Å². The molecule has 6 heteroatoms. The highest BCUT2D eigenvalue weighted by Crippen LogP contribution is 2.22. The summed E-state index contributed by atoms with van der Waals surface area (Å²) in [6.07, 6.45) is 3.53. The van der Waals surface area contributed by atoms with Gasteiger partial charge in [0.25, 0.3) is 5.56 Å². The van der Waals surface area contributed by atoms with Gasteiger partial charge in [0.15, 0.2) is 0 Å². The van der Waals surface area contributed by atoms with Gasteiger partial charge in [-0.2, -0.15) is 0 Å². The number of benzene rings is 1. The number of aliphatic imine (C=N–C) groups is 1. The molecule has 3 heterocycles. The molecule has 1 aliphatic rings. The summed E-state index contributed by atoms with van der Waals surface area (Å²) in [5.74, 6) is 0.668. The second kappa shape index (κ2) is 7.56. The summed E-state index contributed by atoms with van der Waals surface area (Å²) in [4.78, 5) is 24.8. The molecule has 1 aliphatic heterocycles. The average Bonchev–Trinajstić information content (AvgIpc) is 2.68. The Morgan fingerprint density at radius 3 is 2.54 bits per heavy atom. The van der Waals surface area contributed by atoms with E-state index in [-0.39, 0.29) is 17.8 Å². The molecule has 0 amide bonds. The molecule has 144 valence electrons. The molecule has 0 radical (unpaired) electrons. The average molecular weight is 376 g/mol. The van der Waals surface area contributed by atoms with Gasteiger partial charge < -0.3 is 9.64 Å². The van der Waals surface area contributed by atoms with Crippen LogP contribution in [0.25, 0.3) is 5.65 Å². The molecule has 28 heavy (non-hydrogen) atoms. The highest BCUT2D eigenvalue weighted by atomic mass is 16.5. The van der Waals surface area contributed by atoms with Crippen molar-refractivity contribution >= 4 is 23.4 Å². The Labute approximate surface area is 164 Å². The van der Waals surface area contributed by atoms with Crippen LogP contribution in [0, 0.1) is 6.92 Å². The molecule has 6 nitrogen and oxygen atoms in total. The first kappa shape index (κ1) is 18.4. The van der Waals surface area contributed by atoms with E-state index in [0.29, 0.717) is 30.1 Å². The number of hydrogen-bond donors (Lipinski definition) is 0. The van der Waals surface area contributed by atoms with Gasteiger partial charge in [-0.15, -0.1) is 0 Å². The monoisotopic (exact) mass is 376 g/mol. The first-order valence-corrected chi connectivity index (χ1v) is 9.54. The van der Waals surface area contributed by atoms with Crippen LogP contribution in [0.1, 0.15) is 25.0 Å². The minimum Gasteiger partial charge on any atom is -0.372 e. The maximum absolute atomic E-state index is 13.3. The van der Waals surface area contributed by atoms with Crippen LogP contribution in [0.3, 0.4) is 0 Å². The zero-order valence-electron chi connectivity index (χ0n) is 16.4. The number of fused-ring (bicyclic) bond motifs is 1. The molecule has 2 aromatic heterocycles. The van der Waals surface area contributed by atoms with Crippen LogP contribution in [0.5, 0.6) is 0 Å². The molecule has 0 bridgehead atoms. The van der Waals surface area contributed by atoms with Crippen molar-refractivity contribution in [1.82, 2.24) is 9.38 Å². The number of aryl methyl sites for hydroxylation is 1. The van der Waals surface area contributed by atoms with Gasteiger partial charge in [0.1, 0.15) is 17.0 Å². The highest BCUT2D eigenvalue weighted by Gasteiger charge is 2.26. The Hall–Kier alpha value is -2.99. The van der Waals surface area contributed by atoms with Crippen LogP contribution in [-0.4, -0.2) is 40.9 Å². The highest BCUT2D eigenvalue weighted by molar-refractivity contribution is 5.88. The number of hydrogen-bond acceptors (Lipinski definition) is 5. The third-order valence-corrected chi connectivity index (χ3v) is 4.88. The molecule has 0 N–H and O–H groups in total. The number of ether oxygens (including phenoxy) is 1. The molecule has 0 saturated carbocycles. The predicted octanol–water partition coefficient (Wildman–Crippen LogP) is 3.37. The Bertz CT molecular complexity index is 1070. The Balaban J connectivity index is 1.89. The fourth-order valence-electron chi connectivity index (χ4n) is 3.66. The second-order valence-corrected chi connectivity index (χ2v) is 7.30. The van der Waals surface area contributed by atoms with E-state index >= 15 is 0 Å². The molecule has 0 spiro atoms. The van der Waals surface area contributed by atoms with Crippen molar-refractivity contribution < 1.29 is 4.74 Å². The number of anilines is 1. The van der Waals surface area contributed by atoms with Crippen molar-refractivity contribution in [2.24, 2.45) is 4.99 Å². The fourth-order valence-corrected chi connectivity index (χ4v) is 3.66. The Morgan fingerprint density at radius 2 is 1.82 bits per heavy atom. The van der Waals surface area contributed by atoms with Crippen molar-refractivity contribution in [3.63, 3.8) is 0 Å². The number of morpholine rings is 1. The van der Waals surface area contributed by atoms with Gasteiger partial charge in [0, 0.05) is 25.5 Å². The van der Waals surface area contributed by atoms with Gasteiger partial charge in [-0.25, -0.2) is 4.98 Å². The van der Waals surface area contributed by atoms with Crippen LogP contribution in [-0.2, 0) is 4.74 Å². The third kappa shape index (κ3) is 3.55. The molecular formula is C22H24N4O2. The first-order chi connectivity index (χ1) is 13.5. The van der Waals surface area contributed by atoms with Gasteiger partial charge in [-0.1, -0.05) is 24.3 Å². The molecule has 0 aliphatic carbocycles. The normalized spacial score (nSPS) is 20.2. The zero-order valence-corrected chi connectivity index (χ0v) is 16.4. The van der Waals surface area contributed by atoms with E-state index < -0.39 is 0 Å². The van der Waals surface area contributed by atoms with Crippen LogP contribution >= 0.6 is 0 Å². The molecule has 2 atom stereocenters. The third-order valence-electron chi connectivity index (χ3n) is 4.88. The van der Waals surface area contributed by atoms with E-state index in [1.165, 1.54) is 0 Å². The standard InChI is InChI=1S/C22H24N4O2/c1-15-8-7-11-26-20(15)24-21(25-13-16(2)28-17(3)14-25)19(22(26)27)12-23-18-9-5-4-6-10-18/h4-12,16-17H,13-14H2,1-3H3. The van der Waals surface area contributed by atoms with Gasteiger partial charge in [0.05, 0.1) is 17.9 Å². The number of para-hydroxylation sites is 1. The van der Waals surface area contributed by atoms with E-state index in [9.17, 15) is 4.79 Å². The summed E-state index contributed by atoms with van der Waals surface area (Å²) in [5.41, 5.74) is 2.81. The summed E-state index contributed by atoms with van der Waals surface area (Å²) in [5, 5.41) is 0. The summed E-state index contributed by atoms with van der Waals surface area (Å²) in [6.45, 7) is 7.42. The van der Waals surface area contributed by atoms with Crippen LogP contribution < -0.4 is 10.5 Å². The molecular weight excluding hydrogens is 352 g/mol. The SMILES string of the molecule is Cc1cccn2c(=O)c(C=Nc3ccccc3)c(N3CC(C)OC(C)C3)nc12. The second-order valence-electron chi connectivity index (χ2n) is 7.30. The van der Waals surface area contributed by atoms with Gasteiger partial charge in [-0.05, 0) is 44.5 Å².